The van der Waals surface area contributed by atoms with Crippen molar-refractivity contribution >= 4 is 9.84 Å². The summed E-state index contributed by atoms with van der Waals surface area (Å²) in [5.41, 5.74) is 5.73. The van der Waals surface area contributed by atoms with Gasteiger partial charge in [0.25, 0.3) is 0 Å². The molecule has 2 aliphatic carbocycles. The molecule has 2 aliphatic rings. The van der Waals surface area contributed by atoms with Crippen LogP contribution in [0.2, 0.25) is 0 Å². The zero-order valence-corrected chi connectivity index (χ0v) is 10.9. The van der Waals surface area contributed by atoms with E-state index in [1.54, 1.807) is 0 Å². The summed E-state index contributed by atoms with van der Waals surface area (Å²) in [6.07, 6.45) is 7.96. The van der Waals surface area contributed by atoms with Crippen molar-refractivity contribution in [3.8, 4) is 0 Å². The van der Waals surface area contributed by atoms with Crippen LogP contribution in [0.1, 0.15) is 38.5 Å². The highest BCUT2D eigenvalue weighted by atomic mass is 32.2. The van der Waals surface area contributed by atoms with Gasteiger partial charge in [-0.15, -0.1) is 0 Å². The Bertz CT molecular complexity index is 337. The highest BCUT2D eigenvalue weighted by Gasteiger charge is 2.39. The minimum atomic E-state index is -2.83. The van der Waals surface area contributed by atoms with E-state index in [0.717, 1.165) is 31.7 Å². The Morgan fingerprint density at radius 3 is 2.44 bits per heavy atom. The normalized spacial score (nSPS) is 40.4. The van der Waals surface area contributed by atoms with Crippen molar-refractivity contribution in [1.82, 2.24) is 0 Å². The zero-order valence-electron chi connectivity index (χ0n) is 10.1. The van der Waals surface area contributed by atoms with Crippen LogP contribution in [0.15, 0.2) is 0 Å². The van der Waals surface area contributed by atoms with Gasteiger partial charge in [0.2, 0.25) is 0 Å². The SMILES string of the molecule is CS(=O)(=O)C1CCCC(C2CCC2CN)C1. The molecule has 4 atom stereocenters. The molecule has 0 aromatic rings. The van der Waals surface area contributed by atoms with Gasteiger partial charge in [0.15, 0.2) is 0 Å². The number of hydrogen-bond donors (Lipinski definition) is 1. The highest BCUT2D eigenvalue weighted by molar-refractivity contribution is 7.91. The molecule has 0 aromatic heterocycles. The van der Waals surface area contributed by atoms with Gasteiger partial charge in [0.1, 0.15) is 9.84 Å². The molecule has 2 N–H and O–H groups in total. The summed E-state index contributed by atoms with van der Waals surface area (Å²) in [4.78, 5) is 0. The van der Waals surface area contributed by atoms with Gasteiger partial charge in [-0.25, -0.2) is 8.42 Å². The average molecular weight is 245 g/mol. The van der Waals surface area contributed by atoms with Crippen LogP contribution in [0, 0.1) is 17.8 Å². The summed E-state index contributed by atoms with van der Waals surface area (Å²) in [6, 6.07) is 0. The maximum absolute atomic E-state index is 11.6. The molecule has 0 radical (unpaired) electrons. The first-order chi connectivity index (χ1) is 7.52. The van der Waals surface area contributed by atoms with E-state index in [1.165, 1.54) is 25.5 Å². The molecule has 0 spiro atoms. The fourth-order valence-corrected chi connectivity index (χ4v) is 4.66. The highest BCUT2D eigenvalue weighted by Crippen LogP contribution is 2.45. The molecule has 0 amide bonds. The zero-order chi connectivity index (χ0) is 11.8. The van der Waals surface area contributed by atoms with Crippen molar-refractivity contribution in [2.75, 3.05) is 12.8 Å². The Kier molecular flexibility index (Phi) is 3.59. The second-order valence-corrected chi connectivity index (χ2v) is 7.94. The first-order valence-electron chi connectivity index (χ1n) is 6.41. The third-order valence-corrected chi connectivity index (χ3v) is 6.30. The minimum Gasteiger partial charge on any atom is -0.330 e. The van der Waals surface area contributed by atoms with Crippen molar-refractivity contribution in [3.63, 3.8) is 0 Å². The molecule has 3 nitrogen and oxygen atoms in total. The molecule has 16 heavy (non-hydrogen) atoms. The summed E-state index contributed by atoms with van der Waals surface area (Å²) in [7, 11) is -2.83. The van der Waals surface area contributed by atoms with E-state index in [9.17, 15) is 8.42 Å². The monoisotopic (exact) mass is 245 g/mol. The van der Waals surface area contributed by atoms with Crippen LogP contribution in [0.3, 0.4) is 0 Å². The van der Waals surface area contributed by atoms with Crippen LogP contribution in [0.4, 0.5) is 0 Å². The van der Waals surface area contributed by atoms with Gasteiger partial charge in [-0.1, -0.05) is 12.8 Å². The van der Waals surface area contributed by atoms with Crippen LogP contribution in [0.5, 0.6) is 0 Å². The Hall–Kier alpha value is -0.0900. The maximum atomic E-state index is 11.6. The second kappa shape index (κ2) is 4.65. The van der Waals surface area contributed by atoms with E-state index in [0.29, 0.717) is 11.8 Å². The molecule has 2 fully saturated rings. The summed E-state index contributed by atoms with van der Waals surface area (Å²) in [5.74, 6) is 2.01. The number of nitrogens with two attached hydrogens (primary N) is 1. The average Bonchev–Trinajstić information content (AvgIpc) is 2.16. The first kappa shape index (κ1) is 12.4. The molecule has 4 heteroatoms. The van der Waals surface area contributed by atoms with E-state index in [2.05, 4.69) is 0 Å². The quantitative estimate of drug-likeness (QED) is 0.821. The number of sulfone groups is 1. The van der Waals surface area contributed by atoms with Crippen LogP contribution in [0.25, 0.3) is 0 Å². The fourth-order valence-electron chi connectivity index (χ4n) is 3.47. The minimum absolute atomic E-state index is 0.0784. The van der Waals surface area contributed by atoms with Crippen LogP contribution in [-0.4, -0.2) is 26.5 Å². The van der Waals surface area contributed by atoms with Crippen molar-refractivity contribution in [1.29, 1.82) is 0 Å². The lowest BCUT2D eigenvalue weighted by atomic mass is 9.63. The Morgan fingerprint density at radius 2 is 1.94 bits per heavy atom. The number of hydrogen-bond acceptors (Lipinski definition) is 3. The van der Waals surface area contributed by atoms with Gasteiger partial charge < -0.3 is 5.73 Å². The maximum Gasteiger partial charge on any atom is 0.150 e. The molecule has 0 aliphatic heterocycles. The van der Waals surface area contributed by atoms with Gasteiger partial charge in [-0.2, -0.15) is 0 Å². The summed E-state index contributed by atoms with van der Waals surface area (Å²) in [6.45, 7) is 0.782. The molecule has 0 heterocycles. The lowest BCUT2D eigenvalue weighted by molar-refractivity contribution is 0.0858. The molecule has 0 saturated heterocycles. The van der Waals surface area contributed by atoms with Crippen molar-refractivity contribution < 1.29 is 8.42 Å². The van der Waals surface area contributed by atoms with E-state index >= 15 is 0 Å². The fraction of sp³-hybridized carbons (Fsp3) is 1.00. The van der Waals surface area contributed by atoms with Crippen LogP contribution < -0.4 is 5.73 Å². The van der Waals surface area contributed by atoms with Crippen LogP contribution in [-0.2, 0) is 9.84 Å². The lowest BCUT2D eigenvalue weighted by Crippen LogP contribution is -2.41. The third kappa shape index (κ3) is 2.43. The summed E-state index contributed by atoms with van der Waals surface area (Å²) < 4.78 is 23.2. The summed E-state index contributed by atoms with van der Waals surface area (Å²) >= 11 is 0. The molecular weight excluding hydrogens is 222 g/mol. The second-order valence-electron chi connectivity index (χ2n) is 5.62. The topological polar surface area (TPSA) is 60.2 Å². The molecular formula is C12H23NO2S. The molecule has 2 saturated carbocycles. The molecule has 94 valence electrons. The Morgan fingerprint density at radius 1 is 1.19 bits per heavy atom. The predicted octanol–water partition coefficient (Wildman–Crippen LogP) is 1.57. The smallest absolute Gasteiger partial charge is 0.150 e. The van der Waals surface area contributed by atoms with Gasteiger partial charge in [0, 0.05) is 6.26 Å². The van der Waals surface area contributed by atoms with Crippen molar-refractivity contribution in [2.24, 2.45) is 23.5 Å². The van der Waals surface area contributed by atoms with Gasteiger partial charge in [0.05, 0.1) is 5.25 Å². The lowest BCUT2D eigenvalue weighted by Gasteiger charge is -2.44. The van der Waals surface area contributed by atoms with E-state index in [4.69, 9.17) is 5.73 Å². The van der Waals surface area contributed by atoms with E-state index < -0.39 is 9.84 Å². The summed E-state index contributed by atoms with van der Waals surface area (Å²) in [5, 5.41) is -0.0784. The Labute approximate surface area is 98.7 Å². The van der Waals surface area contributed by atoms with Gasteiger partial charge >= 0.3 is 0 Å². The van der Waals surface area contributed by atoms with E-state index in [-0.39, 0.29) is 5.25 Å². The van der Waals surface area contributed by atoms with Crippen molar-refractivity contribution in [2.45, 2.75) is 43.8 Å². The van der Waals surface area contributed by atoms with Crippen LogP contribution >= 0.6 is 0 Å². The van der Waals surface area contributed by atoms with E-state index in [1.807, 2.05) is 0 Å². The Balaban J connectivity index is 1.97. The molecule has 0 aromatic carbocycles. The molecule has 4 unspecified atom stereocenters. The predicted molar refractivity (Wildman–Crippen MR) is 65.9 cm³/mol. The molecule has 2 rings (SSSR count). The first-order valence-corrected chi connectivity index (χ1v) is 8.36. The van der Waals surface area contributed by atoms with Crippen molar-refractivity contribution in [3.05, 3.63) is 0 Å². The standard InChI is InChI=1S/C12H23NO2S/c1-16(14,15)11-4-2-3-9(7-11)12-6-5-10(12)8-13/h9-12H,2-8,13H2,1H3. The largest absolute Gasteiger partial charge is 0.330 e. The third-order valence-electron chi connectivity index (χ3n) is 4.66. The number of rotatable bonds is 3. The molecule has 0 bridgehead atoms. The van der Waals surface area contributed by atoms with Gasteiger partial charge in [-0.3, -0.25) is 0 Å². The van der Waals surface area contributed by atoms with Gasteiger partial charge in [-0.05, 0) is 50.0 Å².